The number of hydrogen-bond acceptors (Lipinski definition) is 2. The minimum atomic E-state index is -1.91. The van der Waals surface area contributed by atoms with Crippen molar-refractivity contribution in [3.8, 4) is 5.75 Å². The number of ether oxygens (including phenoxy) is 1. The summed E-state index contributed by atoms with van der Waals surface area (Å²) in [4.78, 5) is 11.7. The number of carbonyl (C=O) groups excluding carboxylic acids is 1. The zero-order valence-corrected chi connectivity index (χ0v) is 11.3. The van der Waals surface area contributed by atoms with Gasteiger partial charge in [0.25, 0.3) is 0 Å². The van der Waals surface area contributed by atoms with Crippen LogP contribution in [0.5, 0.6) is 5.75 Å². The topological polar surface area (TPSA) is 26.3 Å². The fraction of sp³-hybridized carbons (Fsp3) is 0.133. The van der Waals surface area contributed by atoms with E-state index in [2.05, 4.69) is 11.3 Å². The molecular weight excluding hydrogens is 288 g/mol. The Labute approximate surface area is 119 Å². The van der Waals surface area contributed by atoms with E-state index in [0.29, 0.717) is 0 Å². The van der Waals surface area contributed by atoms with E-state index in [1.807, 2.05) is 0 Å². The monoisotopic (exact) mass is 300 g/mol. The summed E-state index contributed by atoms with van der Waals surface area (Å²) in [7, 11) is 0. The van der Waals surface area contributed by atoms with E-state index < -0.39 is 40.6 Å². The summed E-state index contributed by atoms with van der Waals surface area (Å²) in [6, 6.07) is 0. The average Bonchev–Trinajstić information content (AvgIpc) is 2.48. The van der Waals surface area contributed by atoms with Crippen LogP contribution in [0.2, 0.25) is 0 Å². The van der Waals surface area contributed by atoms with Gasteiger partial charge in [-0.25, -0.2) is 18.0 Å². The molecule has 0 aliphatic heterocycles. The Hall–Kier alpha value is -2.37. The highest BCUT2D eigenvalue weighted by atomic mass is 19.2. The van der Waals surface area contributed by atoms with Gasteiger partial charge in [-0.2, -0.15) is 4.39 Å². The van der Waals surface area contributed by atoms with Crippen LogP contribution in [0, 0.1) is 30.2 Å². The quantitative estimate of drug-likeness (QED) is 0.159. The van der Waals surface area contributed by atoms with Gasteiger partial charge in [-0.15, -0.1) is 0 Å². The Morgan fingerprint density at radius 3 is 2.24 bits per heavy atom. The van der Waals surface area contributed by atoms with Crippen LogP contribution < -0.4 is 4.74 Å². The first-order valence-electron chi connectivity index (χ1n) is 5.85. The van der Waals surface area contributed by atoms with Gasteiger partial charge in [-0.05, 0) is 19.9 Å². The van der Waals surface area contributed by atoms with Crippen molar-refractivity contribution in [3.05, 3.63) is 65.3 Å². The van der Waals surface area contributed by atoms with Gasteiger partial charge >= 0.3 is 5.97 Å². The highest BCUT2D eigenvalue weighted by Crippen LogP contribution is 2.30. The van der Waals surface area contributed by atoms with Crippen LogP contribution in [0.4, 0.5) is 17.6 Å². The molecule has 1 rings (SSSR count). The summed E-state index contributed by atoms with van der Waals surface area (Å²) >= 11 is 0. The van der Waals surface area contributed by atoms with Crippen LogP contribution >= 0.6 is 0 Å². The van der Waals surface area contributed by atoms with Crippen LogP contribution in [0.15, 0.2) is 36.5 Å². The Kier molecular flexibility index (Phi) is 5.46. The van der Waals surface area contributed by atoms with E-state index in [9.17, 15) is 22.4 Å². The first kappa shape index (κ1) is 16.7. The molecule has 0 aromatic heterocycles. The lowest BCUT2D eigenvalue weighted by Gasteiger charge is -2.10. The molecule has 0 unspecified atom stereocenters. The number of esters is 1. The molecule has 0 bridgehead atoms. The Balaban J connectivity index is 3.26. The maximum absolute atomic E-state index is 13.7. The van der Waals surface area contributed by atoms with Crippen molar-refractivity contribution in [1.82, 2.24) is 0 Å². The lowest BCUT2D eigenvalue weighted by atomic mass is 10.2. The van der Waals surface area contributed by atoms with E-state index in [1.54, 1.807) is 13.0 Å². The van der Waals surface area contributed by atoms with Crippen molar-refractivity contribution in [1.29, 1.82) is 0 Å². The minimum absolute atomic E-state index is 0.103. The third kappa shape index (κ3) is 3.39. The number of halogens is 4. The molecule has 0 aliphatic rings. The molecule has 0 fully saturated rings. The number of hydrogen-bond donors (Lipinski definition) is 0. The SMILES string of the molecule is C=C/C(=C\C=C/C)C(=O)Oc1c(F)c(C)c(F)c(F)c1F. The standard InChI is InChI=1S/C15H12F4O2/c1-4-6-7-9(5-2)15(20)21-14-11(17)8(3)10(16)12(18)13(14)19/h4-7H,2H2,1,3H3/b6-4-,9-7+. The molecule has 2 nitrogen and oxygen atoms in total. The zero-order valence-electron chi connectivity index (χ0n) is 11.3. The summed E-state index contributed by atoms with van der Waals surface area (Å²) in [5, 5.41) is 0. The molecule has 0 amide bonds. The highest BCUT2D eigenvalue weighted by Gasteiger charge is 2.26. The second-order valence-electron chi connectivity index (χ2n) is 3.95. The van der Waals surface area contributed by atoms with Gasteiger partial charge in [0.2, 0.25) is 11.6 Å². The smallest absolute Gasteiger partial charge is 0.343 e. The number of allylic oxidation sites excluding steroid dienone is 3. The Morgan fingerprint density at radius 2 is 1.71 bits per heavy atom. The highest BCUT2D eigenvalue weighted by molar-refractivity contribution is 5.93. The number of benzene rings is 1. The van der Waals surface area contributed by atoms with E-state index in [1.165, 1.54) is 12.2 Å². The molecule has 1 aromatic carbocycles. The molecule has 0 radical (unpaired) electrons. The van der Waals surface area contributed by atoms with Crippen molar-refractivity contribution in [3.63, 3.8) is 0 Å². The van der Waals surface area contributed by atoms with E-state index in [-0.39, 0.29) is 5.57 Å². The van der Waals surface area contributed by atoms with Crippen LogP contribution in [0.3, 0.4) is 0 Å². The van der Waals surface area contributed by atoms with E-state index in [0.717, 1.165) is 13.0 Å². The van der Waals surface area contributed by atoms with Crippen LogP contribution in [0.1, 0.15) is 12.5 Å². The van der Waals surface area contributed by atoms with E-state index >= 15 is 0 Å². The van der Waals surface area contributed by atoms with Crippen molar-refractivity contribution in [2.24, 2.45) is 0 Å². The molecule has 0 spiro atoms. The maximum atomic E-state index is 13.7. The predicted molar refractivity (Wildman–Crippen MR) is 69.7 cm³/mol. The number of carbonyl (C=O) groups is 1. The van der Waals surface area contributed by atoms with Gasteiger partial charge in [0.05, 0.1) is 5.57 Å². The average molecular weight is 300 g/mol. The molecule has 112 valence electrons. The number of rotatable bonds is 4. The lowest BCUT2D eigenvalue weighted by Crippen LogP contribution is -2.14. The molecule has 6 heteroatoms. The van der Waals surface area contributed by atoms with Crippen molar-refractivity contribution >= 4 is 5.97 Å². The largest absolute Gasteiger partial charge is 0.416 e. The lowest BCUT2D eigenvalue weighted by molar-refractivity contribution is -0.130. The molecule has 0 atom stereocenters. The second kappa shape index (κ2) is 6.88. The maximum Gasteiger partial charge on any atom is 0.343 e. The normalized spacial score (nSPS) is 11.8. The molecule has 1 aromatic rings. The molecule has 0 heterocycles. The fourth-order valence-electron chi connectivity index (χ4n) is 1.38. The summed E-state index contributed by atoms with van der Waals surface area (Å²) in [5.74, 6) is -9.39. The third-order valence-corrected chi connectivity index (χ3v) is 2.56. The molecule has 0 N–H and O–H groups in total. The minimum Gasteiger partial charge on any atom is -0.416 e. The van der Waals surface area contributed by atoms with Crippen LogP contribution in [-0.2, 0) is 4.79 Å². The first-order chi connectivity index (χ1) is 9.84. The zero-order chi connectivity index (χ0) is 16.2. The predicted octanol–water partition coefficient (Wildman–Crippen LogP) is 4.15. The van der Waals surface area contributed by atoms with Gasteiger partial charge in [-0.1, -0.05) is 24.8 Å². The van der Waals surface area contributed by atoms with Gasteiger partial charge in [-0.3, -0.25) is 0 Å². The summed E-state index contributed by atoms with van der Waals surface area (Å²) < 4.78 is 58.0. The second-order valence-corrected chi connectivity index (χ2v) is 3.95. The Bertz CT molecular complexity index is 617. The van der Waals surface area contributed by atoms with Crippen LogP contribution in [0.25, 0.3) is 0 Å². The molecule has 0 aliphatic carbocycles. The first-order valence-corrected chi connectivity index (χ1v) is 5.85. The third-order valence-electron chi connectivity index (χ3n) is 2.56. The fourth-order valence-corrected chi connectivity index (χ4v) is 1.38. The van der Waals surface area contributed by atoms with Crippen molar-refractivity contribution in [2.75, 3.05) is 0 Å². The van der Waals surface area contributed by atoms with Gasteiger partial charge in [0, 0.05) is 5.56 Å². The van der Waals surface area contributed by atoms with Crippen LogP contribution in [-0.4, -0.2) is 5.97 Å². The van der Waals surface area contributed by atoms with Crippen molar-refractivity contribution in [2.45, 2.75) is 13.8 Å². The van der Waals surface area contributed by atoms with Gasteiger partial charge < -0.3 is 4.74 Å². The summed E-state index contributed by atoms with van der Waals surface area (Å²) in [5.41, 5.74) is -0.886. The Morgan fingerprint density at radius 1 is 1.10 bits per heavy atom. The molecule has 21 heavy (non-hydrogen) atoms. The molecule has 0 saturated carbocycles. The molecular formula is C15H12F4O2. The summed E-state index contributed by atoms with van der Waals surface area (Å²) in [6.07, 6.45) is 5.46. The van der Waals surface area contributed by atoms with E-state index in [4.69, 9.17) is 0 Å². The van der Waals surface area contributed by atoms with Gasteiger partial charge in [0.15, 0.2) is 17.5 Å². The van der Waals surface area contributed by atoms with Gasteiger partial charge in [0.1, 0.15) is 0 Å². The van der Waals surface area contributed by atoms with Crippen molar-refractivity contribution < 1.29 is 27.1 Å². The summed E-state index contributed by atoms with van der Waals surface area (Å²) in [6.45, 7) is 5.92. The molecule has 0 saturated heterocycles.